The highest BCUT2D eigenvalue weighted by atomic mass is 19.4. The molecule has 0 spiro atoms. The zero-order chi connectivity index (χ0) is 27.2. The van der Waals surface area contributed by atoms with E-state index in [9.17, 15) is 35.9 Å². The first-order valence-electron chi connectivity index (χ1n) is 10.7. The zero-order valence-electron chi connectivity index (χ0n) is 18.7. The minimum atomic E-state index is -4.88. The summed E-state index contributed by atoms with van der Waals surface area (Å²) < 4.78 is 82.7. The van der Waals surface area contributed by atoms with Gasteiger partial charge in [-0.1, -0.05) is 6.07 Å². The average molecular weight is 533 g/mol. The summed E-state index contributed by atoms with van der Waals surface area (Å²) in [6, 6.07) is 11.6. The summed E-state index contributed by atoms with van der Waals surface area (Å²) in [7, 11) is 0. The van der Waals surface area contributed by atoms with Gasteiger partial charge in [-0.25, -0.2) is 4.98 Å². The summed E-state index contributed by atoms with van der Waals surface area (Å²) in [4.78, 5) is 29.3. The van der Waals surface area contributed by atoms with Gasteiger partial charge >= 0.3 is 12.7 Å². The van der Waals surface area contributed by atoms with Crippen molar-refractivity contribution in [1.29, 1.82) is 0 Å². The van der Waals surface area contributed by atoms with E-state index in [0.717, 1.165) is 24.3 Å². The van der Waals surface area contributed by atoms with Crippen molar-refractivity contribution in [1.82, 2.24) is 4.98 Å². The lowest BCUT2D eigenvalue weighted by molar-refractivity contribution is -0.275. The van der Waals surface area contributed by atoms with E-state index >= 15 is 0 Å². The summed E-state index contributed by atoms with van der Waals surface area (Å²) in [5.74, 6) is -2.10. The number of amides is 2. The van der Waals surface area contributed by atoms with Gasteiger partial charge in [0.2, 0.25) is 0 Å². The molecule has 3 heterocycles. The summed E-state index contributed by atoms with van der Waals surface area (Å²) in [5.41, 5.74) is 1.87. The molecule has 0 saturated heterocycles. The Labute approximate surface area is 209 Å². The monoisotopic (exact) mass is 533 g/mol. The molecule has 0 aliphatic carbocycles. The molecule has 7 nitrogen and oxygen atoms in total. The van der Waals surface area contributed by atoms with Crippen LogP contribution in [0.3, 0.4) is 0 Å². The number of hydrogen-bond acceptors (Lipinski definition) is 5. The molecule has 0 fully saturated rings. The molecule has 0 saturated carbocycles. The molecule has 2 aliphatic heterocycles. The Balaban J connectivity index is 1.43. The summed E-state index contributed by atoms with van der Waals surface area (Å²) >= 11 is 0. The summed E-state index contributed by atoms with van der Waals surface area (Å²) in [6.45, 7) is 0. The number of benzene rings is 2. The van der Waals surface area contributed by atoms with Gasteiger partial charge in [-0.3, -0.25) is 9.59 Å². The van der Waals surface area contributed by atoms with Crippen LogP contribution in [-0.2, 0) is 9.59 Å². The first-order valence-corrected chi connectivity index (χ1v) is 10.7. The second kappa shape index (κ2) is 8.94. The highest BCUT2D eigenvalue weighted by molar-refractivity contribution is 6.35. The van der Waals surface area contributed by atoms with E-state index in [1.165, 1.54) is 24.3 Å². The Bertz CT molecular complexity index is 1430. The van der Waals surface area contributed by atoms with Crippen molar-refractivity contribution in [2.75, 3.05) is 10.6 Å². The first kappa shape index (κ1) is 24.9. The minimum absolute atomic E-state index is 0.134. The molecule has 2 aliphatic rings. The van der Waals surface area contributed by atoms with Crippen molar-refractivity contribution in [2.45, 2.75) is 12.7 Å². The topological polar surface area (TPSA) is 89.5 Å². The molecule has 0 radical (unpaired) electrons. The van der Waals surface area contributed by atoms with Crippen LogP contribution in [0.25, 0.3) is 23.3 Å². The van der Waals surface area contributed by atoms with Crippen LogP contribution in [0.15, 0.2) is 54.6 Å². The Kier molecular flexibility index (Phi) is 5.85. The molecular formula is C25H13F6N3O4. The van der Waals surface area contributed by atoms with Gasteiger partial charge in [-0.05, 0) is 48.6 Å². The second-order valence-corrected chi connectivity index (χ2v) is 8.02. The van der Waals surface area contributed by atoms with Crippen LogP contribution >= 0.6 is 0 Å². The maximum absolute atomic E-state index is 12.5. The van der Waals surface area contributed by atoms with Gasteiger partial charge in [0.05, 0.1) is 33.9 Å². The number of pyridine rings is 1. The fourth-order valence-electron chi connectivity index (χ4n) is 3.95. The van der Waals surface area contributed by atoms with Crippen molar-refractivity contribution in [3.63, 3.8) is 0 Å². The maximum Gasteiger partial charge on any atom is 0.573 e. The van der Waals surface area contributed by atoms with Gasteiger partial charge in [0.15, 0.2) is 0 Å². The molecule has 0 bridgehead atoms. The molecule has 194 valence electrons. The van der Waals surface area contributed by atoms with Gasteiger partial charge < -0.3 is 20.1 Å². The van der Waals surface area contributed by atoms with E-state index in [-0.39, 0.29) is 22.5 Å². The Morgan fingerprint density at radius 2 is 1.08 bits per heavy atom. The number of carbonyl (C=O) groups excluding carboxylic acids is 2. The third-order valence-electron chi connectivity index (χ3n) is 5.39. The van der Waals surface area contributed by atoms with E-state index in [1.807, 2.05) is 0 Å². The van der Waals surface area contributed by atoms with E-state index in [2.05, 4.69) is 25.1 Å². The number of nitrogens with zero attached hydrogens (tertiary/aromatic N) is 1. The molecule has 13 heteroatoms. The lowest BCUT2D eigenvalue weighted by Crippen LogP contribution is -2.17. The van der Waals surface area contributed by atoms with Gasteiger partial charge in [0.1, 0.15) is 11.5 Å². The summed E-state index contributed by atoms with van der Waals surface area (Å²) in [6.07, 6.45) is -6.91. The molecular weight excluding hydrogens is 520 g/mol. The smallest absolute Gasteiger partial charge is 0.406 e. The number of alkyl halides is 6. The predicted molar refractivity (Wildman–Crippen MR) is 123 cm³/mol. The number of halogens is 6. The van der Waals surface area contributed by atoms with Crippen LogP contribution < -0.4 is 20.1 Å². The number of fused-ring (bicyclic) bond motifs is 2. The van der Waals surface area contributed by atoms with Crippen molar-refractivity contribution >= 4 is 46.5 Å². The zero-order valence-corrected chi connectivity index (χ0v) is 18.7. The molecule has 3 aromatic rings. The molecule has 2 amide bonds. The Hall–Kier alpha value is -4.81. The quantitative estimate of drug-likeness (QED) is 0.324. The second-order valence-electron chi connectivity index (χ2n) is 8.02. The first-order chi connectivity index (χ1) is 17.8. The molecule has 1 aromatic heterocycles. The van der Waals surface area contributed by atoms with Crippen LogP contribution in [0, 0.1) is 0 Å². The third-order valence-corrected chi connectivity index (χ3v) is 5.39. The maximum atomic E-state index is 12.5. The molecule has 0 unspecified atom stereocenters. The van der Waals surface area contributed by atoms with E-state index in [4.69, 9.17) is 0 Å². The highest BCUT2D eigenvalue weighted by Gasteiger charge is 2.33. The molecule has 2 N–H and O–H groups in total. The van der Waals surface area contributed by atoms with Crippen molar-refractivity contribution in [2.24, 2.45) is 0 Å². The fraction of sp³-hybridized carbons (Fsp3) is 0.0800. The molecule has 5 rings (SSSR count). The predicted octanol–water partition coefficient (Wildman–Crippen LogP) is 5.86. The third kappa shape index (κ3) is 5.31. The number of anilines is 2. The van der Waals surface area contributed by atoms with Crippen molar-refractivity contribution < 1.29 is 45.4 Å². The lowest BCUT2D eigenvalue weighted by Gasteiger charge is -2.09. The summed E-state index contributed by atoms with van der Waals surface area (Å²) in [5, 5.41) is 4.95. The number of carbonyl (C=O) groups is 2. The number of aromatic nitrogens is 1. The van der Waals surface area contributed by atoms with Crippen LogP contribution in [0.2, 0.25) is 0 Å². The molecule has 2 aromatic carbocycles. The Morgan fingerprint density at radius 3 is 1.47 bits per heavy atom. The normalized spacial score (nSPS) is 16.8. The average Bonchev–Trinajstić information content (AvgIpc) is 3.26. The molecule has 38 heavy (non-hydrogen) atoms. The van der Waals surface area contributed by atoms with Gasteiger partial charge in [-0.15, -0.1) is 26.3 Å². The van der Waals surface area contributed by atoms with Crippen LogP contribution in [-0.4, -0.2) is 29.5 Å². The lowest BCUT2D eigenvalue weighted by atomic mass is 10.0. The SMILES string of the molecule is O=C1Nc2cc(OC(F)(F)F)ccc2/C1=C/c1cccc(/C=C2\C(=O)Nc3cc(OC(F)(F)F)ccc32)n1. The van der Waals surface area contributed by atoms with Gasteiger partial charge in [0.25, 0.3) is 11.8 Å². The van der Waals surface area contributed by atoms with E-state index in [0.29, 0.717) is 22.5 Å². The van der Waals surface area contributed by atoms with Crippen LogP contribution in [0.5, 0.6) is 11.5 Å². The number of hydrogen-bond donors (Lipinski definition) is 2. The van der Waals surface area contributed by atoms with Gasteiger partial charge in [0, 0.05) is 23.3 Å². The number of ether oxygens (including phenoxy) is 2. The number of rotatable bonds is 4. The number of nitrogens with one attached hydrogen (secondary N) is 2. The van der Waals surface area contributed by atoms with Crippen LogP contribution in [0.1, 0.15) is 22.5 Å². The molecule has 0 atom stereocenters. The largest absolute Gasteiger partial charge is 0.573 e. The standard InChI is InChI=1S/C25H13F6N3O4/c26-24(27,28)37-14-4-6-16-18(22(35)33-20(16)10-14)8-12-2-1-3-13(32-12)9-19-17-7-5-15(38-25(29,30)31)11-21(17)34-23(19)36/h1-11H,(H,33,35)(H,34,36)/b18-8-,19-9-. The van der Waals surface area contributed by atoms with Crippen LogP contribution in [0.4, 0.5) is 37.7 Å². The highest BCUT2D eigenvalue weighted by Crippen LogP contribution is 2.38. The van der Waals surface area contributed by atoms with Gasteiger partial charge in [-0.2, -0.15) is 0 Å². The van der Waals surface area contributed by atoms with E-state index < -0.39 is 36.0 Å². The van der Waals surface area contributed by atoms with Crippen molar-refractivity contribution in [3.8, 4) is 11.5 Å². The Morgan fingerprint density at radius 1 is 0.658 bits per heavy atom. The fourth-order valence-corrected chi connectivity index (χ4v) is 3.95. The minimum Gasteiger partial charge on any atom is -0.406 e. The van der Waals surface area contributed by atoms with Crippen molar-refractivity contribution in [3.05, 3.63) is 77.1 Å². The van der Waals surface area contributed by atoms with E-state index in [1.54, 1.807) is 18.2 Å².